The van der Waals surface area contributed by atoms with Gasteiger partial charge in [0.25, 0.3) is 5.91 Å². The summed E-state index contributed by atoms with van der Waals surface area (Å²) >= 11 is 5.96. The van der Waals surface area contributed by atoms with Crippen LogP contribution in [-0.4, -0.2) is 48.6 Å². The van der Waals surface area contributed by atoms with Crippen molar-refractivity contribution in [3.63, 3.8) is 0 Å². The van der Waals surface area contributed by atoms with Gasteiger partial charge in [-0.25, -0.2) is 0 Å². The minimum absolute atomic E-state index is 0.0468. The maximum absolute atomic E-state index is 12.5. The molecule has 2 rings (SSSR count). The molecule has 1 unspecified atom stereocenters. The number of rotatable bonds is 7. The Hall–Kier alpha value is -1.95. The van der Waals surface area contributed by atoms with Crippen molar-refractivity contribution in [1.29, 1.82) is 0 Å². The molecule has 1 saturated heterocycles. The summed E-state index contributed by atoms with van der Waals surface area (Å²) in [6.45, 7) is 12.7. The van der Waals surface area contributed by atoms with Crippen LogP contribution in [0.2, 0.25) is 0 Å². The van der Waals surface area contributed by atoms with E-state index in [1.807, 2.05) is 12.1 Å². The van der Waals surface area contributed by atoms with Gasteiger partial charge in [-0.1, -0.05) is 30.3 Å². The second-order valence-corrected chi connectivity index (χ2v) is 6.42. The molecule has 1 amide bonds. The molecule has 1 fully saturated rings. The number of allylic oxidation sites excluding steroid dienone is 2. The van der Waals surface area contributed by atoms with E-state index in [4.69, 9.17) is 16.3 Å². The average Bonchev–Trinajstić information content (AvgIpc) is 2.61. The Kier molecular flexibility index (Phi) is 7.37. The van der Waals surface area contributed by atoms with Crippen molar-refractivity contribution in [3.8, 4) is 0 Å². The molecule has 0 spiro atoms. The Morgan fingerprint density at radius 3 is 2.60 bits per heavy atom. The van der Waals surface area contributed by atoms with Gasteiger partial charge >= 0.3 is 0 Å². The van der Waals surface area contributed by atoms with Crippen LogP contribution in [0, 0.1) is 0 Å². The van der Waals surface area contributed by atoms with Crippen molar-refractivity contribution in [2.45, 2.75) is 13.0 Å². The number of nitrogens with zero attached hydrogens (tertiary/aromatic N) is 2. The van der Waals surface area contributed by atoms with Crippen LogP contribution in [0.1, 0.15) is 18.5 Å². The molecule has 5 nitrogen and oxygen atoms in total. The van der Waals surface area contributed by atoms with E-state index in [2.05, 4.69) is 28.4 Å². The third kappa shape index (κ3) is 5.81. The number of carbonyl (C=O) groups excluding carboxylic acids is 1. The van der Waals surface area contributed by atoms with Gasteiger partial charge in [-0.15, -0.1) is 0 Å². The second kappa shape index (κ2) is 9.51. The summed E-state index contributed by atoms with van der Waals surface area (Å²) in [5.41, 5.74) is 2.18. The first-order valence-corrected chi connectivity index (χ1v) is 8.58. The van der Waals surface area contributed by atoms with E-state index >= 15 is 0 Å². The topological polar surface area (TPSA) is 54.5 Å². The number of amides is 1. The lowest BCUT2D eigenvalue weighted by Crippen LogP contribution is -2.44. The maximum atomic E-state index is 12.5. The molecule has 0 radical (unpaired) electrons. The Bertz CT molecular complexity index is 652. The molecule has 1 N–H and O–H groups in total. The molecule has 6 heteroatoms. The largest absolute Gasteiger partial charge is 0.379 e. The average molecular weight is 362 g/mol. The first kappa shape index (κ1) is 19.4. The molecule has 25 heavy (non-hydrogen) atoms. The predicted octanol–water partition coefficient (Wildman–Crippen LogP) is 2.83. The van der Waals surface area contributed by atoms with Crippen molar-refractivity contribution in [1.82, 2.24) is 15.2 Å². The quantitative estimate of drug-likeness (QED) is 0.599. The predicted molar refractivity (Wildman–Crippen MR) is 100 cm³/mol. The van der Waals surface area contributed by atoms with Crippen molar-refractivity contribution >= 4 is 17.5 Å². The van der Waals surface area contributed by atoms with Crippen molar-refractivity contribution in [2.24, 2.45) is 0 Å². The van der Waals surface area contributed by atoms with Gasteiger partial charge in [0, 0.05) is 37.1 Å². The molecular formula is C19H24ClN3O2. The fourth-order valence-corrected chi connectivity index (χ4v) is 2.87. The lowest BCUT2D eigenvalue weighted by Gasteiger charge is -2.34. The van der Waals surface area contributed by atoms with Crippen LogP contribution in [0.5, 0.6) is 0 Å². The third-order valence-corrected chi connectivity index (χ3v) is 4.16. The van der Waals surface area contributed by atoms with Crippen LogP contribution < -0.4 is 5.32 Å². The number of aromatic nitrogens is 1. The minimum Gasteiger partial charge on any atom is -0.379 e. The lowest BCUT2D eigenvalue weighted by atomic mass is 10.1. The zero-order valence-electron chi connectivity index (χ0n) is 14.5. The molecule has 1 aliphatic heterocycles. The van der Waals surface area contributed by atoms with Crippen LogP contribution in [0.15, 0.2) is 59.9 Å². The van der Waals surface area contributed by atoms with Crippen LogP contribution in [0.4, 0.5) is 0 Å². The van der Waals surface area contributed by atoms with E-state index in [0.29, 0.717) is 25.3 Å². The van der Waals surface area contributed by atoms with E-state index in [-0.39, 0.29) is 17.0 Å². The number of ether oxygens (including phenoxy) is 1. The zero-order chi connectivity index (χ0) is 18.2. The number of carbonyl (C=O) groups is 1. The normalized spacial score (nSPS) is 17.0. The fourth-order valence-electron chi connectivity index (χ4n) is 2.73. The second-order valence-electron chi connectivity index (χ2n) is 5.96. The Balaban J connectivity index is 2.12. The number of hydrogen-bond donors (Lipinski definition) is 1. The van der Waals surface area contributed by atoms with Gasteiger partial charge in [0.15, 0.2) is 0 Å². The highest BCUT2D eigenvalue weighted by molar-refractivity contribution is 6.35. The Morgan fingerprint density at radius 1 is 1.40 bits per heavy atom. The minimum atomic E-state index is -0.254. The summed E-state index contributed by atoms with van der Waals surface area (Å²) in [7, 11) is 0. The maximum Gasteiger partial charge on any atom is 0.252 e. The molecule has 1 aromatic heterocycles. The molecule has 1 atom stereocenters. The van der Waals surface area contributed by atoms with Crippen molar-refractivity contribution < 1.29 is 9.53 Å². The molecule has 0 aliphatic carbocycles. The molecular weight excluding hydrogens is 338 g/mol. The molecule has 1 aliphatic rings. The first-order valence-electron chi connectivity index (χ1n) is 8.21. The van der Waals surface area contributed by atoms with Gasteiger partial charge in [0.1, 0.15) is 0 Å². The molecule has 134 valence electrons. The van der Waals surface area contributed by atoms with Gasteiger partial charge in [0.2, 0.25) is 0 Å². The summed E-state index contributed by atoms with van der Waals surface area (Å²) in [5.74, 6) is -0.254. The van der Waals surface area contributed by atoms with Gasteiger partial charge in [-0.2, -0.15) is 0 Å². The van der Waals surface area contributed by atoms with E-state index < -0.39 is 0 Å². The summed E-state index contributed by atoms with van der Waals surface area (Å²) in [6, 6.07) is 3.99. The van der Waals surface area contributed by atoms with Crippen molar-refractivity contribution in [2.75, 3.05) is 32.8 Å². The van der Waals surface area contributed by atoms with E-state index in [1.165, 1.54) is 0 Å². The first-order chi connectivity index (χ1) is 12.0. The number of hydrogen-bond acceptors (Lipinski definition) is 4. The van der Waals surface area contributed by atoms with Gasteiger partial charge in [-0.3, -0.25) is 14.7 Å². The highest BCUT2D eigenvalue weighted by Gasteiger charge is 2.24. The fraction of sp³-hybridized carbons (Fsp3) is 0.368. The van der Waals surface area contributed by atoms with E-state index in [0.717, 1.165) is 24.2 Å². The lowest BCUT2D eigenvalue weighted by molar-refractivity contribution is -0.117. The Morgan fingerprint density at radius 2 is 2.04 bits per heavy atom. The molecule has 0 aromatic carbocycles. The standard InChI is InChI=1S/C19H24ClN3O2/c1-14(2)12-17(15(3)20)19(24)22-13-18(16-4-6-21-7-5-16)23-8-10-25-11-9-23/h4-7,12,18H,1,3,8-11,13H2,2H3,(H,22,24)/b17-12+. The van der Waals surface area contributed by atoms with Crippen LogP contribution in [0.3, 0.4) is 0 Å². The van der Waals surface area contributed by atoms with Crippen LogP contribution in [0.25, 0.3) is 0 Å². The number of halogens is 1. The van der Waals surface area contributed by atoms with E-state index in [9.17, 15) is 4.79 Å². The zero-order valence-corrected chi connectivity index (χ0v) is 15.3. The highest BCUT2D eigenvalue weighted by Crippen LogP contribution is 2.21. The molecule has 1 aromatic rings. The summed E-state index contributed by atoms with van der Waals surface area (Å²) in [6.07, 6.45) is 5.16. The smallest absolute Gasteiger partial charge is 0.252 e. The van der Waals surface area contributed by atoms with Gasteiger partial charge in [-0.05, 0) is 30.7 Å². The van der Waals surface area contributed by atoms with Crippen LogP contribution >= 0.6 is 11.6 Å². The SMILES string of the molecule is C=C(C)/C=C(\C(=C)Cl)C(=O)NCC(c1ccncc1)N1CCOCC1. The highest BCUT2D eigenvalue weighted by atomic mass is 35.5. The van der Waals surface area contributed by atoms with Crippen molar-refractivity contribution in [3.05, 3.63) is 65.5 Å². The van der Waals surface area contributed by atoms with Gasteiger partial charge < -0.3 is 10.1 Å². The molecule has 0 saturated carbocycles. The monoisotopic (exact) mass is 361 g/mol. The van der Waals surface area contributed by atoms with E-state index in [1.54, 1.807) is 25.4 Å². The number of pyridine rings is 1. The van der Waals surface area contributed by atoms with Crippen LogP contribution in [-0.2, 0) is 9.53 Å². The number of nitrogens with one attached hydrogen (secondary N) is 1. The summed E-state index contributed by atoms with van der Waals surface area (Å²) in [5, 5.41) is 3.17. The summed E-state index contributed by atoms with van der Waals surface area (Å²) in [4.78, 5) is 18.9. The Labute approximate surface area is 154 Å². The molecule has 0 bridgehead atoms. The van der Waals surface area contributed by atoms with Gasteiger partial charge in [0.05, 0.1) is 24.8 Å². The number of morpholine rings is 1. The summed E-state index contributed by atoms with van der Waals surface area (Å²) < 4.78 is 5.44. The third-order valence-electron chi connectivity index (χ3n) is 3.96. The molecule has 2 heterocycles.